The van der Waals surface area contributed by atoms with Crippen molar-refractivity contribution in [3.8, 4) is 6.07 Å². The van der Waals surface area contributed by atoms with E-state index in [1.807, 2.05) is 19.9 Å². The van der Waals surface area contributed by atoms with Crippen LogP contribution in [0.2, 0.25) is 0 Å². The smallest absolute Gasteiger partial charge is 0.225 e. The molecule has 18 heavy (non-hydrogen) atoms. The van der Waals surface area contributed by atoms with Gasteiger partial charge in [-0.15, -0.1) is 0 Å². The molecule has 0 aliphatic carbocycles. The van der Waals surface area contributed by atoms with Crippen LogP contribution in [0.5, 0.6) is 0 Å². The summed E-state index contributed by atoms with van der Waals surface area (Å²) in [5.41, 5.74) is 1.58. The minimum absolute atomic E-state index is 0.0709. The topological polar surface area (TPSA) is 83.1 Å². The van der Waals surface area contributed by atoms with Gasteiger partial charge in [-0.05, 0) is 13.3 Å². The van der Waals surface area contributed by atoms with Gasteiger partial charge in [0.05, 0.1) is 6.20 Å². The molecule has 0 radical (unpaired) electrons. The van der Waals surface area contributed by atoms with Crippen LogP contribution in [-0.2, 0) is 4.79 Å². The molecule has 6 nitrogen and oxygen atoms in total. The average Bonchev–Trinajstić information content (AvgIpc) is 2.72. The average molecular weight is 243 g/mol. The number of fused-ring (bicyclic) bond motifs is 1. The van der Waals surface area contributed by atoms with Gasteiger partial charge in [-0.25, -0.2) is 4.98 Å². The van der Waals surface area contributed by atoms with E-state index in [2.05, 4.69) is 15.4 Å². The van der Waals surface area contributed by atoms with Crippen molar-refractivity contribution in [3.63, 3.8) is 0 Å². The van der Waals surface area contributed by atoms with Crippen molar-refractivity contribution in [2.75, 3.05) is 5.32 Å². The second-order valence-corrected chi connectivity index (χ2v) is 3.99. The molecule has 0 aliphatic rings. The lowest BCUT2D eigenvalue weighted by Crippen LogP contribution is -2.14. The van der Waals surface area contributed by atoms with Crippen molar-refractivity contribution in [3.05, 3.63) is 23.5 Å². The third kappa shape index (κ3) is 2.15. The number of anilines is 1. The standard InChI is InChI=1S/C12H13N5O/c1-3-4-11(18)16-10-5-8(2)15-12-9(6-13)7-14-17(10)12/h5,7H,3-4H2,1-2H3,(H,16,18). The van der Waals surface area contributed by atoms with Crippen LogP contribution in [0.4, 0.5) is 5.82 Å². The van der Waals surface area contributed by atoms with Gasteiger partial charge in [0.1, 0.15) is 17.5 Å². The minimum Gasteiger partial charge on any atom is -0.311 e. The monoisotopic (exact) mass is 243 g/mol. The Kier molecular flexibility index (Phi) is 3.24. The van der Waals surface area contributed by atoms with Crippen LogP contribution in [0.25, 0.3) is 5.65 Å². The number of amides is 1. The van der Waals surface area contributed by atoms with E-state index in [-0.39, 0.29) is 5.91 Å². The molecule has 0 spiro atoms. The fourth-order valence-electron chi connectivity index (χ4n) is 1.68. The van der Waals surface area contributed by atoms with E-state index in [0.29, 0.717) is 23.4 Å². The van der Waals surface area contributed by atoms with Crippen LogP contribution < -0.4 is 5.32 Å². The van der Waals surface area contributed by atoms with Gasteiger partial charge in [-0.1, -0.05) is 6.92 Å². The Bertz CT molecular complexity index is 638. The summed E-state index contributed by atoms with van der Waals surface area (Å²) in [6.07, 6.45) is 2.67. The summed E-state index contributed by atoms with van der Waals surface area (Å²) < 4.78 is 1.47. The summed E-state index contributed by atoms with van der Waals surface area (Å²) in [7, 11) is 0. The first-order chi connectivity index (χ1) is 8.65. The van der Waals surface area contributed by atoms with Crippen molar-refractivity contribution >= 4 is 17.4 Å². The van der Waals surface area contributed by atoms with E-state index in [1.165, 1.54) is 10.7 Å². The third-order valence-corrected chi connectivity index (χ3v) is 2.46. The highest BCUT2D eigenvalue weighted by Crippen LogP contribution is 2.15. The van der Waals surface area contributed by atoms with Gasteiger partial charge < -0.3 is 5.32 Å². The Labute approximate surface area is 104 Å². The van der Waals surface area contributed by atoms with E-state index in [0.717, 1.165) is 12.1 Å². The molecular weight excluding hydrogens is 230 g/mol. The number of rotatable bonds is 3. The Morgan fingerprint density at radius 2 is 2.39 bits per heavy atom. The molecule has 0 saturated carbocycles. The summed E-state index contributed by atoms with van der Waals surface area (Å²) in [4.78, 5) is 15.9. The first kappa shape index (κ1) is 12.0. The molecule has 1 amide bonds. The maximum absolute atomic E-state index is 11.6. The largest absolute Gasteiger partial charge is 0.311 e. The molecule has 1 N–H and O–H groups in total. The zero-order chi connectivity index (χ0) is 13.1. The number of carbonyl (C=O) groups is 1. The molecule has 0 atom stereocenters. The SMILES string of the molecule is CCCC(=O)Nc1cc(C)nc2c(C#N)cnn12. The van der Waals surface area contributed by atoms with Crippen LogP contribution in [0.15, 0.2) is 12.3 Å². The maximum atomic E-state index is 11.6. The van der Waals surface area contributed by atoms with Gasteiger partial charge in [-0.3, -0.25) is 4.79 Å². The zero-order valence-electron chi connectivity index (χ0n) is 10.3. The lowest BCUT2D eigenvalue weighted by Gasteiger charge is -2.07. The number of hydrogen-bond donors (Lipinski definition) is 1. The maximum Gasteiger partial charge on any atom is 0.225 e. The Hall–Kier alpha value is -2.42. The predicted molar refractivity (Wildman–Crippen MR) is 66.0 cm³/mol. The number of nitriles is 1. The Morgan fingerprint density at radius 1 is 1.61 bits per heavy atom. The number of nitrogens with one attached hydrogen (secondary N) is 1. The van der Waals surface area contributed by atoms with E-state index < -0.39 is 0 Å². The molecule has 0 bridgehead atoms. The van der Waals surface area contributed by atoms with E-state index in [9.17, 15) is 4.79 Å². The second kappa shape index (κ2) is 4.84. The van der Waals surface area contributed by atoms with Crippen molar-refractivity contribution in [2.24, 2.45) is 0 Å². The van der Waals surface area contributed by atoms with Crippen molar-refractivity contribution in [2.45, 2.75) is 26.7 Å². The molecule has 0 aromatic carbocycles. The summed E-state index contributed by atoms with van der Waals surface area (Å²) in [5, 5.41) is 15.8. The van der Waals surface area contributed by atoms with E-state index >= 15 is 0 Å². The van der Waals surface area contributed by atoms with Crippen LogP contribution in [0.3, 0.4) is 0 Å². The van der Waals surface area contributed by atoms with Crippen LogP contribution >= 0.6 is 0 Å². The van der Waals surface area contributed by atoms with Gasteiger partial charge in [0.25, 0.3) is 0 Å². The fourth-order valence-corrected chi connectivity index (χ4v) is 1.68. The summed E-state index contributed by atoms with van der Waals surface area (Å²) in [6.45, 7) is 3.75. The fraction of sp³-hybridized carbons (Fsp3) is 0.333. The summed E-state index contributed by atoms with van der Waals surface area (Å²) >= 11 is 0. The van der Waals surface area contributed by atoms with E-state index in [1.54, 1.807) is 6.07 Å². The number of aromatic nitrogens is 3. The number of nitrogens with zero attached hydrogens (tertiary/aromatic N) is 4. The highest BCUT2D eigenvalue weighted by molar-refractivity contribution is 5.90. The van der Waals surface area contributed by atoms with Gasteiger partial charge in [0.15, 0.2) is 5.65 Å². The van der Waals surface area contributed by atoms with Crippen molar-refractivity contribution in [1.29, 1.82) is 5.26 Å². The molecule has 0 unspecified atom stereocenters. The van der Waals surface area contributed by atoms with Crippen LogP contribution in [-0.4, -0.2) is 20.5 Å². The molecule has 2 rings (SSSR count). The van der Waals surface area contributed by atoms with Crippen LogP contribution in [0, 0.1) is 18.3 Å². The number of hydrogen-bond acceptors (Lipinski definition) is 4. The summed E-state index contributed by atoms with van der Waals surface area (Å²) in [6, 6.07) is 3.76. The van der Waals surface area contributed by atoms with E-state index in [4.69, 9.17) is 5.26 Å². The summed E-state index contributed by atoms with van der Waals surface area (Å²) in [5.74, 6) is 0.468. The molecule has 6 heteroatoms. The third-order valence-electron chi connectivity index (χ3n) is 2.46. The molecule has 0 aliphatic heterocycles. The Balaban J connectivity index is 2.47. The normalized spacial score (nSPS) is 10.3. The minimum atomic E-state index is -0.0709. The molecule has 0 fully saturated rings. The highest BCUT2D eigenvalue weighted by atomic mass is 16.1. The van der Waals surface area contributed by atoms with Gasteiger partial charge in [-0.2, -0.15) is 14.9 Å². The Morgan fingerprint density at radius 3 is 3.06 bits per heavy atom. The first-order valence-corrected chi connectivity index (χ1v) is 5.71. The first-order valence-electron chi connectivity index (χ1n) is 5.71. The van der Waals surface area contributed by atoms with Crippen molar-refractivity contribution < 1.29 is 4.79 Å². The van der Waals surface area contributed by atoms with Crippen LogP contribution in [0.1, 0.15) is 31.0 Å². The predicted octanol–water partition coefficient (Wildman–Crippen LogP) is 1.65. The highest BCUT2D eigenvalue weighted by Gasteiger charge is 2.11. The lowest BCUT2D eigenvalue weighted by molar-refractivity contribution is -0.116. The molecule has 0 saturated heterocycles. The van der Waals surface area contributed by atoms with Gasteiger partial charge in [0, 0.05) is 18.2 Å². The quantitative estimate of drug-likeness (QED) is 0.888. The molecule has 2 aromatic heterocycles. The second-order valence-electron chi connectivity index (χ2n) is 3.99. The van der Waals surface area contributed by atoms with Gasteiger partial charge in [0.2, 0.25) is 5.91 Å². The molecule has 2 heterocycles. The molecule has 2 aromatic rings. The van der Waals surface area contributed by atoms with Gasteiger partial charge >= 0.3 is 0 Å². The van der Waals surface area contributed by atoms with Crippen molar-refractivity contribution in [1.82, 2.24) is 14.6 Å². The molecule has 92 valence electrons. The zero-order valence-corrected chi connectivity index (χ0v) is 10.3. The lowest BCUT2D eigenvalue weighted by atomic mass is 10.3. The number of aryl methyl sites for hydroxylation is 1. The number of carbonyl (C=O) groups excluding carboxylic acids is 1. The molecular formula is C12H13N5O.